The van der Waals surface area contributed by atoms with Crippen LogP contribution >= 0.6 is 0 Å². The smallest absolute Gasteiger partial charge is 0.307 e. The highest BCUT2D eigenvalue weighted by Gasteiger charge is 2.14. The Bertz CT molecular complexity index is 900. The van der Waals surface area contributed by atoms with Gasteiger partial charge in [-0.15, -0.1) is 0 Å². The number of nitrogens with one attached hydrogen (secondary N) is 1. The lowest BCUT2D eigenvalue weighted by atomic mass is 10.2. The molecular formula is C16H11N3O4. The third kappa shape index (κ3) is 3.24. The minimum absolute atomic E-state index is 0.0331. The molecule has 1 amide bonds. The molecule has 0 fully saturated rings. The molecule has 1 N–H and O–H groups in total. The highest BCUT2D eigenvalue weighted by atomic mass is 16.6. The molecular weight excluding hydrogens is 298 g/mol. The number of rotatable bonds is 4. The number of amides is 1. The second kappa shape index (κ2) is 6.10. The van der Waals surface area contributed by atoms with Gasteiger partial charge in [0.1, 0.15) is 5.58 Å². The first-order chi connectivity index (χ1) is 11.1. The highest BCUT2D eigenvalue weighted by Crippen LogP contribution is 2.24. The fraction of sp³-hybridized carbons (Fsp3) is 0. The van der Waals surface area contributed by atoms with E-state index in [2.05, 4.69) is 10.5 Å². The topological polar surface area (TPSA) is 97.7 Å². The lowest BCUT2D eigenvalue weighted by Gasteiger charge is -1.95. The quantitative estimate of drug-likeness (QED) is 0.455. The van der Waals surface area contributed by atoms with Gasteiger partial charge >= 0.3 is 5.91 Å². The first kappa shape index (κ1) is 14.5. The summed E-state index contributed by atoms with van der Waals surface area (Å²) in [7, 11) is 0. The first-order valence-electron chi connectivity index (χ1n) is 6.70. The fourth-order valence-corrected chi connectivity index (χ4v) is 2.02. The summed E-state index contributed by atoms with van der Waals surface area (Å²) in [5.74, 6) is -0.498. The molecule has 0 aliphatic rings. The van der Waals surface area contributed by atoms with Crippen LogP contribution < -0.4 is 5.43 Å². The van der Waals surface area contributed by atoms with Gasteiger partial charge in [-0.2, -0.15) is 5.10 Å². The molecule has 2 aromatic carbocycles. The van der Waals surface area contributed by atoms with Crippen LogP contribution in [0.2, 0.25) is 0 Å². The van der Waals surface area contributed by atoms with Crippen molar-refractivity contribution in [3.63, 3.8) is 0 Å². The Kier molecular flexibility index (Phi) is 3.84. The maximum absolute atomic E-state index is 12.0. The van der Waals surface area contributed by atoms with Crippen molar-refractivity contribution < 1.29 is 14.1 Å². The van der Waals surface area contributed by atoms with E-state index in [-0.39, 0.29) is 11.4 Å². The van der Waals surface area contributed by atoms with Crippen LogP contribution in [0.4, 0.5) is 5.69 Å². The van der Waals surface area contributed by atoms with Crippen LogP contribution in [0.25, 0.3) is 11.0 Å². The van der Waals surface area contributed by atoms with Gasteiger partial charge in [-0.25, -0.2) is 5.43 Å². The summed E-state index contributed by atoms with van der Waals surface area (Å²) in [5, 5.41) is 15.1. The molecule has 1 heterocycles. The minimum atomic E-state index is -0.531. The molecule has 0 unspecified atom stereocenters. The molecule has 0 aliphatic heterocycles. The number of nitrogens with zero attached hydrogens (tertiary/aromatic N) is 2. The molecule has 1 aromatic heterocycles. The number of furan rings is 1. The second-order valence-corrected chi connectivity index (χ2v) is 4.70. The first-order valence-corrected chi connectivity index (χ1v) is 6.70. The Hall–Kier alpha value is -3.48. The van der Waals surface area contributed by atoms with Crippen molar-refractivity contribution in [2.24, 2.45) is 5.10 Å². The Balaban J connectivity index is 1.76. The zero-order chi connectivity index (χ0) is 16.2. The number of nitro benzene ring substituents is 1. The Labute approximate surface area is 130 Å². The maximum atomic E-state index is 12.0. The van der Waals surface area contributed by atoms with Crippen molar-refractivity contribution in [1.82, 2.24) is 5.43 Å². The number of benzene rings is 2. The van der Waals surface area contributed by atoms with E-state index in [9.17, 15) is 14.9 Å². The number of hydrogen-bond donors (Lipinski definition) is 1. The second-order valence-electron chi connectivity index (χ2n) is 4.70. The average molecular weight is 309 g/mol. The minimum Gasteiger partial charge on any atom is -0.451 e. The van der Waals surface area contributed by atoms with E-state index >= 15 is 0 Å². The van der Waals surface area contributed by atoms with Crippen LogP contribution in [0, 0.1) is 10.1 Å². The van der Waals surface area contributed by atoms with E-state index in [0.717, 1.165) is 5.56 Å². The van der Waals surface area contributed by atoms with Gasteiger partial charge in [0.05, 0.1) is 11.1 Å². The van der Waals surface area contributed by atoms with Crippen molar-refractivity contribution in [2.75, 3.05) is 0 Å². The zero-order valence-corrected chi connectivity index (χ0v) is 11.8. The van der Waals surface area contributed by atoms with Gasteiger partial charge in [0.25, 0.3) is 5.69 Å². The molecule has 0 aliphatic carbocycles. The number of carbonyl (C=O) groups is 1. The van der Waals surface area contributed by atoms with Gasteiger partial charge < -0.3 is 4.42 Å². The van der Waals surface area contributed by atoms with E-state index < -0.39 is 10.8 Å². The Morgan fingerprint density at radius 3 is 2.70 bits per heavy atom. The number of non-ortho nitro benzene ring substituents is 1. The molecule has 0 atom stereocenters. The average Bonchev–Trinajstić information content (AvgIpc) is 2.99. The fourth-order valence-electron chi connectivity index (χ4n) is 2.02. The molecule has 7 heteroatoms. The molecule has 0 radical (unpaired) electrons. The van der Waals surface area contributed by atoms with Crippen LogP contribution in [-0.4, -0.2) is 17.0 Å². The lowest BCUT2D eigenvalue weighted by Crippen LogP contribution is -2.16. The normalized spacial score (nSPS) is 11.0. The van der Waals surface area contributed by atoms with E-state index in [1.54, 1.807) is 0 Å². The Morgan fingerprint density at radius 2 is 1.96 bits per heavy atom. The van der Waals surface area contributed by atoms with Crippen molar-refractivity contribution in [3.8, 4) is 0 Å². The predicted molar refractivity (Wildman–Crippen MR) is 84.4 cm³/mol. The maximum Gasteiger partial charge on any atom is 0.307 e. The largest absolute Gasteiger partial charge is 0.451 e. The molecule has 3 aromatic rings. The summed E-state index contributed by atoms with van der Waals surface area (Å²) in [4.78, 5) is 22.2. The summed E-state index contributed by atoms with van der Waals surface area (Å²) in [6.45, 7) is 0. The van der Waals surface area contributed by atoms with Crippen LogP contribution in [0.5, 0.6) is 0 Å². The molecule has 7 nitrogen and oxygen atoms in total. The van der Waals surface area contributed by atoms with Crippen LogP contribution in [0.1, 0.15) is 16.1 Å². The standard InChI is InChI=1S/C16H11N3O4/c20-16(18-17-10-11-4-2-1-3-5-11)15-9-12-8-13(19(21)22)6-7-14(12)23-15/h1-10H,(H,18,20)/b17-10+. The van der Waals surface area contributed by atoms with Crippen molar-refractivity contribution in [1.29, 1.82) is 0 Å². The van der Waals surface area contributed by atoms with E-state index in [0.29, 0.717) is 11.0 Å². The van der Waals surface area contributed by atoms with Crippen molar-refractivity contribution >= 4 is 28.8 Å². The van der Waals surface area contributed by atoms with Crippen LogP contribution in [0.3, 0.4) is 0 Å². The van der Waals surface area contributed by atoms with E-state index in [1.807, 2.05) is 30.3 Å². The van der Waals surface area contributed by atoms with E-state index in [1.165, 1.54) is 30.5 Å². The molecule has 23 heavy (non-hydrogen) atoms. The molecule has 0 spiro atoms. The van der Waals surface area contributed by atoms with Crippen LogP contribution in [0.15, 0.2) is 64.1 Å². The van der Waals surface area contributed by atoms with Crippen molar-refractivity contribution in [3.05, 3.63) is 76.0 Å². The van der Waals surface area contributed by atoms with Gasteiger partial charge in [0, 0.05) is 17.5 Å². The SMILES string of the molecule is O=C(N/N=C/c1ccccc1)c1cc2cc([N+](=O)[O-])ccc2o1. The molecule has 114 valence electrons. The Morgan fingerprint density at radius 1 is 1.17 bits per heavy atom. The van der Waals surface area contributed by atoms with Gasteiger partial charge in [0.15, 0.2) is 5.76 Å². The van der Waals surface area contributed by atoms with Crippen molar-refractivity contribution in [2.45, 2.75) is 0 Å². The summed E-state index contributed by atoms with van der Waals surface area (Å²) in [6.07, 6.45) is 1.51. The number of fused-ring (bicyclic) bond motifs is 1. The molecule has 0 saturated heterocycles. The monoisotopic (exact) mass is 309 g/mol. The highest BCUT2D eigenvalue weighted by molar-refractivity contribution is 5.96. The predicted octanol–water partition coefficient (Wildman–Crippen LogP) is 3.10. The van der Waals surface area contributed by atoms with Crippen LogP contribution in [-0.2, 0) is 0 Å². The zero-order valence-electron chi connectivity index (χ0n) is 11.8. The number of hydrazone groups is 1. The van der Waals surface area contributed by atoms with Gasteiger partial charge in [-0.3, -0.25) is 14.9 Å². The lowest BCUT2D eigenvalue weighted by molar-refractivity contribution is -0.384. The van der Waals surface area contributed by atoms with Gasteiger partial charge in [0.2, 0.25) is 0 Å². The van der Waals surface area contributed by atoms with Gasteiger partial charge in [-0.05, 0) is 17.7 Å². The third-order valence-corrected chi connectivity index (χ3v) is 3.11. The summed E-state index contributed by atoms with van der Waals surface area (Å²) >= 11 is 0. The summed E-state index contributed by atoms with van der Waals surface area (Å²) in [6, 6.07) is 14.8. The number of carbonyl (C=O) groups excluding carboxylic acids is 1. The van der Waals surface area contributed by atoms with E-state index in [4.69, 9.17) is 4.42 Å². The molecule has 3 rings (SSSR count). The third-order valence-electron chi connectivity index (χ3n) is 3.11. The molecule has 0 bridgehead atoms. The summed E-state index contributed by atoms with van der Waals surface area (Å²) < 4.78 is 5.36. The summed E-state index contributed by atoms with van der Waals surface area (Å²) in [5.41, 5.74) is 3.52. The molecule has 0 saturated carbocycles. The van der Waals surface area contributed by atoms with Gasteiger partial charge in [-0.1, -0.05) is 30.3 Å². The number of nitro groups is 1. The number of hydrogen-bond acceptors (Lipinski definition) is 5.